The standard InChI is InChI=1S/C24H19ClF3N3O3S/c1-13(24(26,27)28)29-12-31(30-10-9-17(32)22(33)21(30)23(29)34)20-15-6-3-2-5-14(15)11-35-18-8-4-7-16(25)19(18)20/h2-10,13,20,33H,11-12H2,1H3/t13-,20+/m1/s1. The van der Waals surface area contributed by atoms with Crippen LogP contribution in [-0.2, 0) is 5.75 Å². The SMILES string of the molecule is C[C@@H](N1CN([C@H]2c3ccccc3CSc3cccc(Cl)c32)n2ccc(=O)c(O)c2C1=O)C(F)(F)F. The molecule has 2 aliphatic heterocycles. The molecule has 3 heterocycles. The lowest BCUT2D eigenvalue weighted by Crippen LogP contribution is -2.60. The van der Waals surface area contributed by atoms with E-state index in [9.17, 15) is 27.9 Å². The molecule has 0 saturated carbocycles. The molecule has 1 N–H and O–H groups in total. The van der Waals surface area contributed by atoms with Gasteiger partial charge in [-0.15, -0.1) is 11.8 Å². The number of pyridine rings is 1. The highest BCUT2D eigenvalue weighted by molar-refractivity contribution is 7.98. The Balaban J connectivity index is 1.80. The van der Waals surface area contributed by atoms with Crippen molar-refractivity contribution >= 4 is 29.3 Å². The van der Waals surface area contributed by atoms with E-state index in [2.05, 4.69) is 0 Å². The summed E-state index contributed by atoms with van der Waals surface area (Å²) in [5.74, 6) is -1.38. The number of aromatic nitrogens is 1. The van der Waals surface area contributed by atoms with Crippen LogP contribution in [0.1, 0.15) is 40.1 Å². The topological polar surface area (TPSA) is 65.8 Å². The zero-order chi connectivity index (χ0) is 25.1. The van der Waals surface area contributed by atoms with E-state index in [1.807, 2.05) is 30.3 Å². The maximum absolute atomic E-state index is 13.8. The Morgan fingerprint density at radius 2 is 1.86 bits per heavy atom. The zero-order valence-electron chi connectivity index (χ0n) is 18.3. The predicted octanol–water partition coefficient (Wildman–Crippen LogP) is 4.90. The molecule has 0 spiro atoms. The van der Waals surface area contributed by atoms with Crippen LogP contribution in [0, 0.1) is 0 Å². The van der Waals surface area contributed by atoms with Gasteiger partial charge in [0.05, 0.1) is 0 Å². The summed E-state index contributed by atoms with van der Waals surface area (Å²) in [6.07, 6.45) is -3.43. The fourth-order valence-corrected chi connectivity index (χ4v) is 5.96. The molecule has 3 aromatic rings. The molecule has 35 heavy (non-hydrogen) atoms. The van der Waals surface area contributed by atoms with E-state index >= 15 is 0 Å². The third-order valence-electron chi connectivity index (χ3n) is 6.35. The second-order valence-electron chi connectivity index (χ2n) is 8.34. The van der Waals surface area contributed by atoms with Gasteiger partial charge < -0.3 is 10.0 Å². The van der Waals surface area contributed by atoms with Gasteiger partial charge in [-0.05, 0) is 30.2 Å². The number of amides is 1. The average molecular weight is 522 g/mol. The van der Waals surface area contributed by atoms with Crippen LogP contribution in [0.25, 0.3) is 0 Å². The molecule has 1 aromatic heterocycles. The molecule has 0 unspecified atom stereocenters. The molecule has 11 heteroatoms. The molecule has 0 aliphatic carbocycles. The lowest BCUT2D eigenvalue weighted by Gasteiger charge is -2.46. The molecule has 1 amide bonds. The largest absolute Gasteiger partial charge is 0.502 e. The molecule has 182 valence electrons. The Kier molecular flexibility index (Phi) is 5.76. The molecule has 6 nitrogen and oxygen atoms in total. The van der Waals surface area contributed by atoms with Crippen molar-refractivity contribution in [3.05, 3.63) is 92.4 Å². The van der Waals surface area contributed by atoms with E-state index in [4.69, 9.17) is 11.6 Å². The van der Waals surface area contributed by atoms with Crippen LogP contribution < -0.4 is 10.4 Å². The summed E-state index contributed by atoms with van der Waals surface area (Å²) in [7, 11) is 0. The van der Waals surface area contributed by atoms with Crippen molar-refractivity contribution in [3.63, 3.8) is 0 Å². The van der Waals surface area contributed by atoms with Gasteiger partial charge in [0.25, 0.3) is 5.91 Å². The molecule has 0 saturated heterocycles. The smallest absolute Gasteiger partial charge is 0.408 e. The van der Waals surface area contributed by atoms with E-state index in [-0.39, 0.29) is 0 Å². The first-order valence-corrected chi connectivity index (χ1v) is 12.0. The normalized spacial score (nSPS) is 18.4. The highest BCUT2D eigenvalue weighted by Crippen LogP contribution is 2.46. The zero-order valence-corrected chi connectivity index (χ0v) is 19.9. The highest BCUT2D eigenvalue weighted by Gasteiger charge is 2.47. The van der Waals surface area contributed by atoms with E-state index < -0.39 is 47.7 Å². The van der Waals surface area contributed by atoms with E-state index in [0.717, 1.165) is 29.0 Å². The Hall–Kier alpha value is -3.11. The summed E-state index contributed by atoms with van der Waals surface area (Å²) in [6, 6.07) is 11.1. The van der Waals surface area contributed by atoms with E-state index in [1.54, 1.807) is 23.9 Å². The lowest BCUT2D eigenvalue weighted by molar-refractivity contribution is -0.173. The lowest BCUT2D eigenvalue weighted by atomic mass is 9.94. The number of nitrogens with zero attached hydrogens (tertiary/aromatic N) is 3. The number of carbonyl (C=O) groups is 1. The van der Waals surface area contributed by atoms with Crippen molar-refractivity contribution in [3.8, 4) is 5.75 Å². The van der Waals surface area contributed by atoms with Crippen LogP contribution in [0.3, 0.4) is 0 Å². The molecule has 5 rings (SSSR count). The Bertz CT molecular complexity index is 1390. The Morgan fingerprint density at radius 1 is 1.11 bits per heavy atom. The van der Waals surface area contributed by atoms with Crippen molar-refractivity contribution in [2.75, 3.05) is 11.7 Å². The summed E-state index contributed by atoms with van der Waals surface area (Å²) >= 11 is 8.22. The number of alkyl halides is 3. The Morgan fingerprint density at radius 3 is 2.60 bits per heavy atom. The number of halogens is 4. The summed E-state index contributed by atoms with van der Waals surface area (Å²) < 4.78 is 42.6. The van der Waals surface area contributed by atoms with Gasteiger partial charge in [0, 0.05) is 33.5 Å². The minimum Gasteiger partial charge on any atom is -0.502 e. The van der Waals surface area contributed by atoms with Crippen molar-refractivity contribution in [1.29, 1.82) is 0 Å². The number of hydrogen-bond acceptors (Lipinski definition) is 5. The molecule has 2 atom stereocenters. The number of hydrogen-bond donors (Lipinski definition) is 1. The Labute approximate surface area is 207 Å². The fraction of sp³-hybridized carbons (Fsp3) is 0.250. The molecular weight excluding hydrogens is 503 g/mol. The third kappa shape index (κ3) is 3.84. The second-order valence-corrected chi connectivity index (χ2v) is 9.76. The number of rotatable bonds is 2. The van der Waals surface area contributed by atoms with Gasteiger partial charge in [0.2, 0.25) is 5.43 Å². The number of fused-ring (bicyclic) bond motifs is 3. The van der Waals surface area contributed by atoms with Crippen LogP contribution in [-0.4, -0.2) is 39.5 Å². The van der Waals surface area contributed by atoms with Gasteiger partial charge >= 0.3 is 6.18 Å². The molecule has 0 fully saturated rings. The average Bonchev–Trinajstić information content (AvgIpc) is 2.98. The monoisotopic (exact) mass is 521 g/mol. The number of aromatic hydroxyl groups is 1. The number of thioether (sulfide) groups is 1. The first-order valence-electron chi connectivity index (χ1n) is 10.7. The minimum atomic E-state index is -4.72. The summed E-state index contributed by atoms with van der Waals surface area (Å²) in [6.45, 7) is 0.421. The van der Waals surface area contributed by atoms with Crippen LogP contribution in [0.4, 0.5) is 13.2 Å². The van der Waals surface area contributed by atoms with E-state index in [0.29, 0.717) is 21.2 Å². The van der Waals surface area contributed by atoms with Crippen LogP contribution >= 0.6 is 23.4 Å². The molecule has 0 radical (unpaired) electrons. The second kappa shape index (κ2) is 8.53. The van der Waals surface area contributed by atoms with Crippen molar-refractivity contribution in [1.82, 2.24) is 9.58 Å². The fourth-order valence-electron chi connectivity index (χ4n) is 4.50. The van der Waals surface area contributed by atoms with Crippen LogP contribution in [0.5, 0.6) is 5.75 Å². The molecule has 0 bridgehead atoms. The van der Waals surface area contributed by atoms with Crippen molar-refractivity contribution in [2.45, 2.75) is 35.8 Å². The van der Waals surface area contributed by atoms with E-state index in [1.165, 1.54) is 15.9 Å². The maximum atomic E-state index is 13.8. The molecular formula is C24H19ClF3N3O3S. The van der Waals surface area contributed by atoms with Crippen LogP contribution in [0.15, 0.2) is 64.4 Å². The molecule has 2 aliphatic rings. The van der Waals surface area contributed by atoms with Gasteiger partial charge in [-0.1, -0.05) is 41.9 Å². The number of carbonyl (C=O) groups excluding carboxylic acids is 1. The highest BCUT2D eigenvalue weighted by atomic mass is 35.5. The summed E-state index contributed by atoms with van der Waals surface area (Å²) in [5.41, 5.74) is 1.03. The van der Waals surface area contributed by atoms with Gasteiger partial charge in [-0.2, -0.15) is 13.2 Å². The van der Waals surface area contributed by atoms with Crippen molar-refractivity contribution < 1.29 is 23.1 Å². The van der Waals surface area contributed by atoms with Gasteiger partial charge in [0.1, 0.15) is 18.8 Å². The maximum Gasteiger partial charge on any atom is 0.408 e. The van der Waals surface area contributed by atoms with Gasteiger partial charge in [-0.3, -0.25) is 19.3 Å². The van der Waals surface area contributed by atoms with Gasteiger partial charge in [0.15, 0.2) is 11.4 Å². The number of benzene rings is 2. The van der Waals surface area contributed by atoms with Gasteiger partial charge in [-0.25, -0.2) is 0 Å². The minimum absolute atomic E-state index is 0.413. The first kappa shape index (κ1) is 23.6. The first-order chi connectivity index (χ1) is 16.6. The quantitative estimate of drug-likeness (QED) is 0.519. The van der Waals surface area contributed by atoms with Crippen molar-refractivity contribution in [2.24, 2.45) is 0 Å². The molecule has 2 aromatic carbocycles. The summed E-state index contributed by atoms with van der Waals surface area (Å²) in [5, 5.41) is 12.5. The van der Waals surface area contributed by atoms with Crippen LogP contribution in [0.2, 0.25) is 5.02 Å². The summed E-state index contributed by atoms with van der Waals surface area (Å²) in [4.78, 5) is 26.8. The third-order valence-corrected chi connectivity index (χ3v) is 7.80. The predicted molar refractivity (Wildman–Crippen MR) is 126 cm³/mol.